The van der Waals surface area contributed by atoms with Crippen molar-refractivity contribution in [3.63, 3.8) is 0 Å². The summed E-state index contributed by atoms with van der Waals surface area (Å²) in [4.78, 5) is 5.45. The molecule has 2 heteroatoms. The molecule has 1 atom stereocenters. The highest BCUT2D eigenvalue weighted by atomic mass is 15.4. The molecule has 1 aliphatic heterocycles. The minimum atomic E-state index is 0.639. The summed E-state index contributed by atoms with van der Waals surface area (Å²) < 4.78 is 0. The fourth-order valence-electron chi connectivity index (χ4n) is 7.42. The first-order valence-corrected chi connectivity index (χ1v) is 21.5. The Morgan fingerprint density at radius 2 is 0.511 bits per heavy atom. The van der Waals surface area contributed by atoms with Gasteiger partial charge in [-0.25, -0.2) is 0 Å². The van der Waals surface area contributed by atoms with Crippen molar-refractivity contribution in [3.8, 4) is 0 Å². The molecule has 0 aliphatic carbocycles. The molecule has 1 aliphatic rings. The molecule has 0 amide bonds. The zero-order valence-corrected chi connectivity index (χ0v) is 31.8. The molecule has 45 heavy (non-hydrogen) atoms. The normalized spacial score (nSPS) is 14.8. The first kappa shape index (κ1) is 42.4. The predicted octanol–water partition coefficient (Wildman–Crippen LogP) is 15.1. The predicted molar refractivity (Wildman–Crippen MR) is 205 cm³/mol. The lowest BCUT2D eigenvalue weighted by molar-refractivity contribution is 0.135. The summed E-state index contributed by atoms with van der Waals surface area (Å²) in [6.45, 7) is 9.49. The zero-order chi connectivity index (χ0) is 32.3. The van der Waals surface area contributed by atoms with Gasteiger partial charge in [0.05, 0.1) is 0 Å². The van der Waals surface area contributed by atoms with Gasteiger partial charge < -0.3 is 9.80 Å². The van der Waals surface area contributed by atoms with E-state index in [2.05, 4.69) is 43.0 Å². The average Bonchev–Trinajstić information content (AvgIpc) is 3.43. The van der Waals surface area contributed by atoms with Crippen LogP contribution in [0.3, 0.4) is 0 Å². The molecule has 1 rings (SSSR count). The van der Waals surface area contributed by atoms with Gasteiger partial charge in [-0.15, -0.1) is 0 Å². The van der Waals surface area contributed by atoms with Crippen molar-refractivity contribution in [2.24, 2.45) is 0 Å². The summed E-state index contributed by atoms with van der Waals surface area (Å²) >= 11 is 0. The van der Waals surface area contributed by atoms with Gasteiger partial charge in [0.1, 0.15) is 6.17 Å². The largest absolute Gasteiger partial charge is 0.356 e. The van der Waals surface area contributed by atoms with Crippen LogP contribution in [0, 0.1) is 0 Å². The van der Waals surface area contributed by atoms with Crippen molar-refractivity contribution in [1.82, 2.24) is 9.80 Å². The zero-order valence-electron chi connectivity index (χ0n) is 31.8. The van der Waals surface area contributed by atoms with Gasteiger partial charge in [-0.05, 0) is 25.7 Å². The van der Waals surface area contributed by atoms with Crippen LogP contribution in [0.15, 0.2) is 12.4 Å². The molecule has 268 valence electrons. The van der Waals surface area contributed by atoms with Crippen LogP contribution in [0.4, 0.5) is 0 Å². The third-order valence-corrected chi connectivity index (χ3v) is 10.6. The van der Waals surface area contributed by atoms with Gasteiger partial charge in [0.15, 0.2) is 0 Å². The van der Waals surface area contributed by atoms with Gasteiger partial charge in [0, 0.05) is 25.5 Å². The molecule has 0 spiro atoms. The number of nitrogens with zero attached hydrogens (tertiary/aromatic N) is 2. The lowest BCUT2D eigenvalue weighted by Gasteiger charge is -2.33. The van der Waals surface area contributed by atoms with E-state index in [1.54, 1.807) is 0 Å². The average molecular weight is 631 g/mol. The van der Waals surface area contributed by atoms with Crippen LogP contribution in [0.2, 0.25) is 0 Å². The van der Waals surface area contributed by atoms with E-state index in [1.807, 2.05) is 0 Å². The van der Waals surface area contributed by atoms with Gasteiger partial charge in [-0.3, -0.25) is 0 Å². The van der Waals surface area contributed by atoms with Crippen LogP contribution in [-0.4, -0.2) is 29.1 Å². The molecule has 2 nitrogen and oxygen atoms in total. The van der Waals surface area contributed by atoms with Crippen LogP contribution in [0.1, 0.15) is 245 Å². The number of rotatable bonds is 37. The van der Waals surface area contributed by atoms with E-state index in [1.165, 1.54) is 238 Å². The van der Waals surface area contributed by atoms with E-state index in [0.29, 0.717) is 6.17 Å². The molecule has 1 heterocycles. The highest BCUT2D eigenvalue weighted by Gasteiger charge is 2.24. The lowest BCUT2D eigenvalue weighted by atomic mass is 10.0. The smallest absolute Gasteiger partial charge is 0.101 e. The Morgan fingerprint density at radius 3 is 0.778 bits per heavy atom. The first-order chi connectivity index (χ1) is 22.3. The molecule has 0 bridgehead atoms. The van der Waals surface area contributed by atoms with E-state index >= 15 is 0 Å². The molecule has 1 unspecified atom stereocenters. The van der Waals surface area contributed by atoms with E-state index in [4.69, 9.17) is 0 Å². The molecular formula is C43H86N2. The Bertz CT molecular complexity index is 586. The SMILES string of the molecule is CCCCCCCCCCCCCCCC1N(CCCCCCCCCC)C=CN1CCCCCCCCCCCCCCC. The molecule has 0 saturated heterocycles. The molecule has 0 N–H and O–H groups in total. The number of hydrogen-bond acceptors (Lipinski definition) is 2. The van der Waals surface area contributed by atoms with E-state index in [0.717, 1.165) is 0 Å². The van der Waals surface area contributed by atoms with E-state index in [-0.39, 0.29) is 0 Å². The summed E-state index contributed by atoms with van der Waals surface area (Å²) in [6.07, 6.45) is 55.9. The molecular weight excluding hydrogens is 544 g/mol. The number of unbranched alkanes of at least 4 members (excludes halogenated alkanes) is 31. The van der Waals surface area contributed by atoms with Gasteiger partial charge in [-0.1, -0.05) is 220 Å². The summed E-state index contributed by atoms with van der Waals surface area (Å²) in [5.74, 6) is 0. The summed E-state index contributed by atoms with van der Waals surface area (Å²) in [6, 6.07) is 0. The highest BCUT2D eigenvalue weighted by molar-refractivity contribution is 4.97. The molecule has 0 radical (unpaired) electrons. The van der Waals surface area contributed by atoms with Crippen molar-refractivity contribution in [1.29, 1.82) is 0 Å². The summed E-state index contributed by atoms with van der Waals surface area (Å²) in [7, 11) is 0. The van der Waals surface area contributed by atoms with Gasteiger partial charge in [0.25, 0.3) is 0 Å². The molecule has 0 aromatic carbocycles. The van der Waals surface area contributed by atoms with E-state index in [9.17, 15) is 0 Å². The second-order valence-electron chi connectivity index (χ2n) is 15.0. The minimum absolute atomic E-state index is 0.639. The van der Waals surface area contributed by atoms with Crippen LogP contribution >= 0.6 is 0 Å². The van der Waals surface area contributed by atoms with Crippen LogP contribution in [0.25, 0.3) is 0 Å². The van der Waals surface area contributed by atoms with Crippen molar-refractivity contribution in [2.45, 2.75) is 252 Å². The topological polar surface area (TPSA) is 6.48 Å². The standard InChI is InChI=1S/C43H86N2/c1-4-7-10-13-16-19-21-23-25-27-29-32-35-38-43-44(39-36-33-30-18-15-12-9-6-3)41-42-45(43)40-37-34-31-28-26-24-22-20-17-14-11-8-5-2/h41-43H,4-40H2,1-3H3. The highest BCUT2D eigenvalue weighted by Crippen LogP contribution is 2.24. The third-order valence-electron chi connectivity index (χ3n) is 10.6. The fraction of sp³-hybridized carbons (Fsp3) is 0.953. The Morgan fingerprint density at radius 1 is 0.289 bits per heavy atom. The van der Waals surface area contributed by atoms with Crippen LogP contribution < -0.4 is 0 Å². The van der Waals surface area contributed by atoms with E-state index < -0.39 is 0 Å². The maximum Gasteiger partial charge on any atom is 0.101 e. The Hall–Kier alpha value is -0.660. The maximum absolute atomic E-state index is 2.73. The van der Waals surface area contributed by atoms with Crippen LogP contribution in [-0.2, 0) is 0 Å². The lowest BCUT2D eigenvalue weighted by Crippen LogP contribution is -2.39. The molecule has 0 saturated carbocycles. The van der Waals surface area contributed by atoms with Crippen LogP contribution in [0.5, 0.6) is 0 Å². The molecule has 0 aromatic heterocycles. The Kier molecular flexibility index (Phi) is 32.6. The Labute approximate surface area is 286 Å². The van der Waals surface area contributed by atoms with Gasteiger partial charge in [0.2, 0.25) is 0 Å². The van der Waals surface area contributed by atoms with Crippen molar-refractivity contribution >= 4 is 0 Å². The van der Waals surface area contributed by atoms with Crippen molar-refractivity contribution < 1.29 is 0 Å². The maximum atomic E-state index is 2.73. The quantitative estimate of drug-likeness (QED) is 0.0630. The second-order valence-corrected chi connectivity index (χ2v) is 15.0. The van der Waals surface area contributed by atoms with Gasteiger partial charge >= 0.3 is 0 Å². The number of hydrogen-bond donors (Lipinski definition) is 0. The third kappa shape index (κ3) is 27.0. The molecule has 0 fully saturated rings. The monoisotopic (exact) mass is 631 g/mol. The van der Waals surface area contributed by atoms with Gasteiger partial charge in [-0.2, -0.15) is 0 Å². The first-order valence-electron chi connectivity index (χ1n) is 21.5. The van der Waals surface area contributed by atoms with Crippen molar-refractivity contribution in [2.75, 3.05) is 13.1 Å². The fourth-order valence-corrected chi connectivity index (χ4v) is 7.42. The summed E-state index contributed by atoms with van der Waals surface area (Å²) in [5, 5.41) is 0. The minimum Gasteiger partial charge on any atom is -0.356 e. The molecule has 0 aromatic rings. The second kappa shape index (κ2) is 34.7. The summed E-state index contributed by atoms with van der Waals surface area (Å²) in [5.41, 5.74) is 0. The Balaban J connectivity index is 2.20. The van der Waals surface area contributed by atoms with Crippen molar-refractivity contribution in [3.05, 3.63) is 12.4 Å².